The minimum absolute atomic E-state index is 0.207. The van der Waals surface area contributed by atoms with Crippen LogP contribution in [0.3, 0.4) is 0 Å². The van der Waals surface area contributed by atoms with E-state index in [1.54, 1.807) is 13.0 Å². The fourth-order valence-electron chi connectivity index (χ4n) is 2.88. The highest BCUT2D eigenvalue weighted by atomic mass is 16.5. The molecule has 0 saturated carbocycles. The molecule has 0 amide bonds. The summed E-state index contributed by atoms with van der Waals surface area (Å²) in [5.41, 5.74) is 4.94. The van der Waals surface area contributed by atoms with Crippen LogP contribution in [0.2, 0.25) is 0 Å². The Labute approximate surface area is 129 Å². The van der Waals surface area contributed by atoms with Crippen molar-refractivity contribution >= 4 is 17.6 Å². The van der Waals surface area contributed by atoms with E-state index in [0.717, 1.165) is 34.2 Å². The van der Waals surface area contributed by atoms with Crippen LogP contribution in [-0.4, -0.2) is 17.7 Å². The van der Waals surface area contributed by atoms with Crippen molar-refractivity contribution in [1.82, 2.24) is 0 Å². The minimum atomic E-state index is -0.248. The SMILES string of the molecule is CCOC(=O)CC1=Cc2c(O)cccc2Cc2ccccc21. The monoisotopic (exact) mass is 294 g/mol. The molecule has 0 spiro atoms. The van der Waals surface area contributed by atoms with Gasteiger partial charge in [-0.15, -0.1) is 0 Å². The van der Waals surface area contributed by atoms with E-state index in [9.17, 15) is 9.90 Å². The van der Waals surface area contributed by atoms with E-state index in [4.69, 9.17) is 4.74 Å². The number of phenols is 1. The fourth-order valence-corrected chi connectivity index (χ4v) is 2.88. The van der Waals surface area contributed by atoms with E-state index in [2.05, 4.69) is 6.07 Å². The van der Waals surface area contributed by atoms with E-state index in [1.807, 2.05) is 36.4 Å². The van der Waals surface area contributed by atoms with Gasteiger partial charge in [-0.25, -0.2) is 0 Å². The normalized spacial score (nSPS) is 12.7. The number of carbonyl (C=O) groups excluding carboxylic acids is 1. The highest BCUT2D eigenvalue weighted by Gasteiger charge is 2.19. The van der Waals surface area contributed by atoms with Crippen LogP contribution in [0.25, 0.3) is 11.6 Å². The van der Waals surface area contributed by atoms with Gasteiger partial charge < -0.3 is 9.84 Å². The summed E-state index contributed by atoms with van der Waals surface area (Å²) in [6, 6.07) is 13.6. The average molecular weight is 294 g/mol. The quantitative estimate of drug-likeness (QED) is 0.876. The third kappa shape index (κ3) is 2.75. The molecule has 1 N–H and O–H groups in total. The van der Waals surface area contributed by atoms with Gasteiger partial charge in [-0.1, -0.05) is 36.4 Å². The minimum Gasteiger partial charge on any atom is -0.507 e. The van der Waals surface area contributed by atoms with Crippen molar-refractivity contribution in [3.8, 4) is 5.75 Å². The lowest BCUT2D eigenvalue weighted by Crippen LogP contribution is -2.05. The van der Waals surface area contributed by atoms with Crippen LogP contribution in [0.1, 0.15) is 35.6 Å². The first-order valence-electron chi connectivity index (χ1n) is 7.44. The van der Waals surface area contributed by atoms with E-state index >= 15 is 0 Å². The number of hydrogen-bond acceptors (Lipinski definition) is 3. The molecule has 3 nitrogen and oxygen atoms in total. The van der Waals surface area contributed by atoms with Gasteiger partial charge in [-0.05, 0) is 47.8 Å². The Morgan fingerprint density at radius 2 is 1.91 bits per heavy atom. The first-order valence-corrected chi connectivity index (χ1v) is 7.44. The van der Waals surface area contributed by atoms with E-state index in [-0.39, 0.29) is 18.1 Å². The molecule has 0 saturated heterocycles. The summed E-state index contributed by atoms with van der Waals surface area (Å²) in [7, 11) is 0. The molecular formula is C19H18O3. The van der Waals surface area contributed by atoms with Crippen LogP contribution in [0, 0.1) is 0 Å². The second-order valence-corrected chi connectivity index (χ2v) is 5.34. The van der Waals surface area contributed by atoms with E-state index in [0.29, 0.717) is 6.61 Å². The zero-order valence-electron chi connectivity index (χ0n) is 12.5. The molecule has 0 radical (unpaired) electrons. The number of rotatable bonds is 3. The Morgan fingerprint density at radius 1 is 1.14 bits per heavy atom. The van der Waals surface area contributed by atoms with E-state index < -0.39 is 0 Å². The van der Waals surface area contributed by atoms with Crippen LogP contribution < -0.4 is 0 Å². The molecule has 112 valence electrons. The maximum absolute atomic E-state index is 11.9. The molecule has 1 aliphatic rings. The van der Waals surface area contributed by atoms with Gasteiger partial charge in [0, 0.05) is 5.56 Å². The summed E-state index contributed by atoms with van der Waals surface area (Å²) in [5, 5.41) is 10.2. The van der Waals surface area contributed by atoms with Gasteiger partial charge in [0.15, 0.2) is 0 Å². The highest BCUT2D eigenvalue weighted by molar-refractivity contribution is 5.95. The van der Waals surface area contributed by atoms with E-state index in [1.165, 1.54) is 0 Å². The fraction of sp³-hybridized carbons (Fsp3) is 0.211. The van der Waals surface area contributed by atoms with Crippen molar-refractivity contribution in [2.75, 3.05) is 6.61 Å². The summed E-state index contributed by atoms with van der Waals surface area (Å²) in [5.74, 6) is -0.00547. The second kappa shape index (κ2) is 6.06. The van der Waals surface area contributed by atoms with Crippen LogP contribution in [0.4, 0.5) is 0 Å². The number of carbonyl (C=O) groups is 1. The van der Waals surface area contributed by atoms with Gasteiger partial charge in [0.2, 0.25) is 0 Å². The maximum atomic E-state index is 11.9. The van der Waals surface area contributed by atoms with Crippen molar-refractivity contribution in [3.05, 3.63) is 64.7 Å². The molecule has 0 heterocycles. The van der Waals surface area contributed by atoms with Crippen LogP contribution in [-0.2, 0) is 16.0 Å². The van der Waals surface area contributed by atoms with Crippen molar-refractivity contribution in [1.29, 1.82) is 0 Å². The summed E-state index contributed by atoms with van der Waals surface area (Å²) in [6.07, 6.45) is 2.86. The number of hydrogen-bond donors (Lipinski definition) is 1. The van der Waals surface area contributed by atoms with Gasteiger partial charge in [-0.2, -0.15) is 0 Å². The number of ether oxygens (including phenoxy) is 1. The lowest BCUT2D eigenvalue weighted by atomic mass is 9.96. The summed E-state index contributed by atoms with van der Waals surface area (Å²) >= 11 is 0. The summed E-state index contributed by atoms with van der Waals surface area (Å²) < 4.78 is 5.08. The maximum Gasteiger partial charge on any atom is 0.310 e. The Balaban J connectivity index is 2.11. The molecule has 0 aromatic heterocycles. The number of benzene rings is 2. The third-order valence-electron chi connectivity index (χ3n) is 3.88. The lowest BCUT2D eigenvalue weighted by Gasteiger charge is -2.10. The molecule has 3 heteroatoms. The Kier molecular flexibility index (Phi) is 3.96. The van der Waals surface area contributed by atoms with Crippen molar-refractivity contribution in [3.63, 3.8) is 0 Å². The first kappa shape index (κ1) is 14.4. The predicted octanol–water partition coefficient (Wildman–Crippen LogP) is 3.79. The smallest absolute Gasteiger partial charge is 0.310 e. The van der Waals surface area contributed by atoms with Gasteiger partial charge >= 0.3 is 5.97 Å². The van der Waals surface area contributed by atoms with Gasteiger partial charge in [0.25, 0.3) is 0 Å². The molecule has 2 aromatic rings. The molecule has 0 fully saturated rings. The number of fused-ring (bicyclic) bond motifs is 2. The molecule has 0 unspecified atom stereocenters. The molecule has 1 aliphatic carbocycles. The Bertz CT molecular complexity index is 744. The van der Waals surface area contributed by atoms with Crippen molar-refractivity contribution in [2.24, 2.45) is 0 Å². The molecular weight excluding hydrogens is 276 g/mol. The molecule has 22 heavy (non-hydrogen) atoms. The zero-order chi connectivity index (χ0) is 15.5. The van der Waals surface area contributed by atoms with Gasteiger partial charge in [0.05, 0.1) is 13.0 Å². The number of esters is 1. The first-order chi connectivity index (χ1) is 10.7. The summed E-state index contributed by atoms with van der Waals surface area (Å²) in [4.78, 5) is 11.9. The Morgan fingerprint density at radius 3 is 2.73 bits per heavy atom. The summed E-state index contributed by atoms with van der Waals surface area (Å²) in [6.45, 7) is 2.17. The topological polar surface area (TPSA) is 46.5 Å². The third-order valence-corrected chi connectivity index (χ3v) is 3.88. The second-order valence-electron chi connectivity index (χ2n) is 5.34. The molecule has 0 aliphatic heterocycles. The lowest BCUT2D eigenvalue weighted by molar-refractivity contribution is -0.141. The zero-order valence-corrected chi connectivity index (χ0v) is 12.5. The van der Waals surface area contributed by atoms with Crippen LogP contribution in [0.15, 0.2) is 42.5 Å². The van der Waals surface area contributed by atoms with Gasteiger partial charge in [0.1, 0.15) is 5.75 Å². The van der Waals surface area contributed by atoms with Gasteiger partial charge in [-0.3, -0.25) is 4.79 Å². The molecule has 0 bridgehead atoms. The average Bonchev–Trinajstić information content (AvgIpc) is 2.65. The van der Waals surface area contributed by atoms with Crippen molar-refractivity contribution < 1.29 is 14.6 Å². The molecule has 0 atom stereocenters. The molecule has 2 aromatic carbocycles. The highest BCUT2D eigenvalue weighted by Crippen LogP contribution is 2.35. The van der Waals surface area contributed by atoms with Crippen molar-refractivity contribution in [2.45, 2.75) is 19.8 Å². The standard InChI is InChI=1S/C19H18O3/c1-2-22-19(21)12-15-11-17-14(7-5-9-18(17)20)10-13-6-3-4-8-16(13)15/h3-9,11,20H,2,10,12H2,1H3. The predicted molar refractivity (Wildman–Crippen MR) is 86.5 cm³/mol. The number of phenolic OH excluding ortho intramolecular Hbond substituents is 1. The van der Waals surface area contributed by atoms with Crippen LogP contribution in [0.5, 0.6) is 5.75 Å². The largest absolute Gasteiger partial charge is 0.507 e. The van der Waals surface area contributed by atoms with Crippen LogP contribution >= 0.6 is 0 Å². The Hall–Kier alpha value is -2.55. The molecule has 3 rings (SSSR count). The number of aromatic hydroxyl groups is 1.